The average molecular weight is 308 g/mol. The van der Waals surface area contributed by atoms with Gasteiger partial charge in [-0.1, -0.05) is 31.1 Å². The normalized spacial score (nSPS) is 34.7. The van der Waals surface area contributed by atoms with Crippen LogP contribution >= 0.6 is 0 Å². The Bertz CT molecular complexity index is 685. The maximum Gasteiger partial charge on any atom is 0.0365 e. The van der Waals surface area contributed by atoms with E-state index >= 15 is 0 Å². The number of fused-ring (bicyclic) bond motifs is 1. The molecule has 0 fully saturated rings. The van der Waals surface area contributed by atoms with Gasteiger partial charge in [0.25, 0.3) is 0 Å². The molecule has 5 bridgehead atoms. The molecule has 23 heavy (non-hydrogen) atoms. The van der Waals surface area contributed by atoms with Gasteiger partial charge in [-0.2, -0.15) is 0 Å². The van der Waals surface area contributed by atoms with Crippen LogP contribution < -0.4 is 0 Å². The lowest BCUT2D eigenvalue weighted by Gasteiger charge is -2.47. The molecule has 2 aliphatic carbocycles. The summed E-state index contributed by atoms with van der Waals surface area (Å²) < 4.78 is 0. The molecule has 2 heteroatoms. The first-order valence-electron chi connectivity index (χ1n) is 9.06. The van der Waals surface area contributed by atoms with Crippen molar-refractivity contribution in [3.63, 3.8) is 0 Å². The molecule has 3 unspecified atom stereocenters. The zero-order valence-corrected chi connectivity index (χ0v) is 14.9. The van der Waals surface area contributed by atoms with Crippen LogP contribution in [0.15, 0.2) is 51.3 Å². The van der Waals surface area contributed by atoms with Gasteiger partial charge in [-0.25, -0.2) is 0 Å². The number of allylic oxidation sites excluding steroid dienone is 5. The quantitative estimate of drug-likeness (QED) is 0.654. The number of rotatable bonds is 2. The summed E-state index contributed by atoms with van der Waals surface area (Å²) in [5.74, 6) is 0.659. The Balaban J connectivity index is 1.87. The molecular formula is C21H28N2. The zero-order chi connectivity index (χ0) is 16.2. The van der Waals surface area contributed by atoms with Crippen LogP contribution in [0.1, 0.15) is 53.4 Å². The minimum Gasteiger partial charge on any atom is -0.367 e. The summed E-state index contributed by atoms with van der Waals surface area (Å²) in [6, 6.07) is 0.647. The molecule has 122 valence electrons. The van der Waals surface area contributed by atoms with E-state index in [2.05, 4.69) is 56.0 Å². The highest BCUT2D eigenvalue weighted by Gasteiger charge is 2.50. The average Bonchev–Trinajstić information content (AvgIpc) is 2.85. The number of nitrogens with zero attached hydrogens (tertiary/aromatic N) is 2. The van der Waals surface area contributed by atoms with Gasteiger partial charge >= 0.3 is 0 Å². The molecule has 0 aromatic rings. The predicted molar refractivity (Wildman–Crippen MR) is 97.3 cm³/mol. The van der Waals surface area contributed by atoms with Gasteiger partial charge in [0.15, 0.2) is 0 Å². The number of hydrogen-bond acceptors (Lipinski definition) is 2. The zero-order valence-electron chi connectivity index (χ0n) is 14.9. The van der Waals surface area contributed by atoms with Gasteiger partial charge in [0.1, 0.15) is 0 Å². The second-order valence-corrected chi connectivity index (χ2v) is 8.08. The van der Waals surface area contributed by atoms with E-state index in [1.54, 1.807) is 16.8 Å². The van der Waals surface area contributed by atoms with Crippen molar-refractivity contribution in [2.24, 2.45) is 16.3 Å². The first-order chi connectivity index (χ1) is 11.0. The molecule has 0 aromatic heterocycles. The van der Waals surface area contributed by atoms with E-state index in [4.69, 9.17) is 0 Å². The van der Waals surface area contributed by atoms with Crippen LogP contribution in [0.5, 0.6) is 0 Å². The van der Waals surface area contributed by atoms with Crippen LogP contribution in [0.2, 0.25) is 0 Å². The first kappa shape index (κ1) is 15.0. The summed E-state index contributed by atoms with van der Waals surface area (Å²) in [5, 5.41) is 0. The summed E-state index contributed by atoms with van der Waals surface area (Å²) >= 11 is 0. The molecule has 0 aromatic carbocycles. The highest BCUT2D eigenvalue weighted by molar-refractivity contribution is 5.65. The predicted octanol–water partition coefficient (Wildman–Crippen LogP) is 5.02. The summed E-state index contributed by atoms with van der Waals surface area (Å²) in [6.45, 7) is 10.5. The SMILES string of the molecule is CC(C)=CCN1C2=C3CC1C(C)C1(C)CC=NC=CC3=C1CC2. The fourth-order valence-corrected chi connectivity index (χ4v) is 5.13. The minimum atomic E-state index is 0.255. The summed E-state index contributed by atoms with van der Waals surface area (Å²) in [6.07, 6.45) is 13.6. The largest absolute Gasteiger partial charge is 0.367 e. The topological polar surface area (TPSA) is 15.6 Å². The monoisotopic (exact) mass is 308 g/mol. The number of likely N-dealkylation sites (tertiary alicyclic amines) is 1. The third-order valence-corrected chi connectivity index (χ3v) is 6.69. The van der Waals surface area contributed by atoms with Crippen molar-refractivity contribution in [2.45, 2.75) is 59.4 Å². The van der Waals surface area contributed by atoms with Crippen molar-refractivity contribution in [1.82, 2.24) is 4.90 Å². The van der Waals surface area contributed by atoms with Crippen molar-refractivity contribution < 1.29 is 0 Å². The van der Waals surface area contributed by atoms with Gasteiger partial charge in [0, 0.05) is 30.7 Å². The molecule has 3 atom stereocenters. The summed E-state index contributed by atoms with van der Waals surface area (Å²) in [7, 11) is 0. The Morgan fingerprint density at radius 3 is 3.00 bits per heavy atom. The van der Waals surface area contributed by atoms with E-state index in [1.807, 2.05) is 6.20 Å². The summed E-state index contributed by atoms with van der Waals surface area (Å²) in [4.78, 5) is 7.22. The lowest BCUT2D eigenvalue weighted by molar-refractivity contribution is 0.124. The van der Waals surface area contributed by atoms with Crippen molar-refractivity contribution >= 4 is 6.21 Å². The molecule has 0 amide bonds. The van der Waals surface area contributed by atoms with Gasteiger partial charge in [-0.15, -0.1) is 0 Å². The smallest absolute Gasteiger partial charge is 0.0365 e. The van der Waals surface area contributed by atoms with E-state index < -0.39 is 0 Å². The van der Waals surface area contributed by atoms with Crippen LogP contribution in [0, 0.1) is 11.3 Å². The van der Waals surface area contributed by atoms with Crippen LogP contribution in [-0.4, -0.2) is 23.7 Å². The molecule has 0 radical (unpaired) electrons. The van der Waals surface area contributed by atoms with Crippen LogP contribution in [0.4, 0.5) is 0 Å². The lowest BCUT2D eigenvalue weighted by atomic mass is 9.64. The number of hydrogen-bond donors (Lipinski definition) is 0. The Morgan fingerprint density at radius 2 is 2.22 bits per heavy atom. The van der Waals surface area contributed by atoms with Crippen molar-refractivity contribution in [2.75, 3.05) is 6.54 Å². The molecule has 2 heterocycles. The molecule has 2 aliphatic heterocycles. The third kappa shape index (κ3) is 2.10. The molecular weight excluding hydrogens is 280 g/mol. The van der Waals surface area contributed by atoms with E-state index in [-0.39, 0.29) is 5.41 Å². The van der Waals surface area contributed by atoms with Crippen LogP contribution in [0.3, 0.4) is 0 Å². The van der Waals surface area contributed by atoms with Crippen molar-refractivity contribution in [3.05, 3.63) is 46.3 Å². The molecule has 0 saturated heterocycles. The molecule has 0 N–H and O–H groups in total. The van der Waals surface area contributed by atoms with Gasteiger partial charge in [0.2, 0.25) is 0 Å². The second kappa shape index (κ2) is 5.22. The molecule has 2 nitrogen and oxygen atoms in total. The Kier molecular flexibility index (Phi) is 3.40. The van der Waals surface area contributed by atoms with Crippen LogP contribution in [0.25, 0.3) is 0 Å². The summed E-state index contributed by atoms with van der Waals surface area (Å²) in [5.41, 5.74) is 8.16. The fourth-order valence-electron chi connectivity index (χ4n) is 5.13. The highest BCUT2D eigenvalue weighted by Crippen LogP contribution is 2.57. The maximum atomic E-state index is 4.49. The van der Waals surface area contributed by atoms with E-state index in [9.17, 15) is 0 Å². The van der Waals surface area contributed by atoms with Crippen molar-refractivity contribution in [1.29, 1.82) is 0 Å². The van der Waals surface area contributed by atoms with Gasteiger partial charge in [0.05, 0.1) is 0 Å². The van der Waals surface area contributed by atoms with E-state index in [1.165, 1.54) is 30.4 Å². The molecule has 4 aliphatic rings. The molecule has 0 saturated carbocycles. The van der Waals surface area contributed by atoms with Gasteiger partial charge < -0.3 is 4.90 Å². The van der Waals surface area contributed by atoms with E-state index in [0.717, 1.165) is 13.0 Å². The van der Waals surface area contributed by atoms with E-state index in [0.29, 0.717) is 12.0 Å². The third-order valence-electron chi connectivity index (χ3n) is 6.69. The van der Waals surface area contributed by atoms with Gasteiger partial charge in [-0.05, 0) is 68.1 Å². The van der Waals surface area contributed by atoms with Crippen molar-refractivity contribution in [3.8, 4) is 0 Å². The Hall–Kier alpha value is -1.57. The van der Waals surface area contributed by atoms with Crippen LogP contribution in [-0.2, 0) is 0 Å². The maximum absolute atomic E-state index is 4.49. The number of aliphatic imine (C=N–C) groups is 1. The minimum absolute atomic E-state index is 0.255. The lowest BCUT2D eigenvalue weighted by Crippen LogP contribution is -2.45. The molecule has 0 spiro atoms. The second-order valence-electron chi connectivity index (χ2n) is 8.08. The van der Waals surface area contributed by atoms with Gasteiger partial charge in [-0.3, -0.25) is 4.99 Å². The Labute approximate surface area is 140 Å². The highest BCUT2D eigenvalue weighted by atomic mass is 15.2. The fraction of sp³-hybridized carbons (Fsp3) is 0.571. The standard InChI is InChI=1S/C21H28N2/c1-14(2)8-12-23-19-6-5-18-16-7-10-22-11-9-21(18,4)15(3)20(23)13-17(16)19/h7-8,10-11,15,20H,5-6,9,12-13H2,1-4H3. The first-order valence-corrected chi connectivity index (χ1v) is 9.06. The molecule has 4 rings (SSSR count). The Morgan fingerprint density at radius 1 is 1.39 bits per heavy atom.